The highest BCUT2D eigenvalue weighted by atomic mass is 35.5. The standard InChI is InChI=1S/C20H15Cl2F4NO3S/c21-13-6-11(7-14(22)17(13)23)19(31,20(24,25)26)8-16(28)10-1-3-12-9(5-10)2-4-15(12)27-18(29)30/h1,3,5-7,15,27,31H,2,4,8H2,(H,29,30). The van der Waals surface area contributed by atoms with Crippen LogP contribution in [0.2, 0.25) is 10.0 Å². The van der Waals surface area contributed by atoms with Gasteiger partial charge >= 0.3 is 12.3 Å². The lowest BCUT2D eigenvalue weighted by Gasteiger charge is -2.31. The number of benzene rings is 2. The number of carbonyl (C=O) groups is 2. The van der Waals surface area contributed by atoms with E-state index in [4.69, 9.17) is 28.3 Å². The molecular weight excluding hydrogens is 481 g/mol. The maximum atomic E-state index is 13.9. The van der Waals surface area contributed by atoms with E-state index in [2.05, 4.69) is 17.9 Å². The monoisotopic (exact) mass is 495 g/mol. The summed E-state index contributed by atoms with van der Waals surface area (Å²) < 4.78 is 52.6. The Labute approximate surface area is 189 Å². The molecule has 2 N–H and O–H groups in total. The van der Waals surface area contributed by atoms with Gasteiger partial charge in [0, 0.05) is 12.0 Å². The summed E-state index contributed by atoms with van der Waals surface area (Å²) in [7, 11) is 0. The Bertz CT molecular complexity index is 1040. The topological polar surface area (TPSA) is 66.4 Å². The van der Waals surface area contributed by atoms with Crippen LogP contribution in [-0.2, 0) is 11.2 Å². The summed E-state index contributed by atoms with van der Waals surface area (Å²) in [4.78, 5) is 23.6. The number of amides is 1. The molecule has 1 aliphatic rings. The number of ketones is 1. The minimum Gasteiger partial charge on any atom is -0.465 e. The first kappa shape index (κ1) is 23.7. The number of carbonyl (C=O) groups excluding carboxylic acids is 1. The molecule has 0 aliphatic heterocycles. The van der Waals surface area contributed by atoms with Crippen molar-refractivity contribution >= 4 is 47.7 Å². The van der Waals surface area contributed by atoms with Gasteiger partial charge in [0.25, 0.3) is 0 Å². The van der Waals surface area contributed by atoms with Crippen molar-refractivity contribution in [1.29, 1.82) is 0 Å². The zero-order valence-corrected chi connectivity index (χ0v) is 18.0. The molecule has 2 atom stereocenters. The van der Waals surface area contributed by atoms with Gasteiger partial charge in [0.2, 0.25) is 0 Å². The minimum atomic E-state index is -4.98. The van der Waals surface area contributed by atoms with Crippen molar-refractivity contribution in [3.05, 3.63) is 68.4 Å². The van der Waals surface area contributed by atoms with E-state index in [0.717, 1.165) is 12.1 Å². The molecule has 0 fully saturated rings. The fourth-order valence-corrected chi connectivity index (χ4v) is 4.34. The third-order valence-corrected chi connectivity index (χ3v) is 6.41. The van der Waals surface area contributed by atoms with Crippen LogP contribution in [0.4, 0.5) is 22.4 Å². The van der Waals surface area contributed by atoms with Crippen LogP contribution in [0, 0.1) is 5.82 Å². The molecule has 11 heteroatoms. The molecule has 2 aromatic carbocycles. The minimum absolute atomic E-state index is 0.0247. The van der Waals surface area contributed by atoms with Crippen LogP contribution < -0.4 is 5.32 Å². The summed E-state index contributed by atoms with van der Waals surface area (Å²) in [5, 5.41) is 10.0. The largest absolute Gasteiger partial charge is 0.465 e. The highest BCUT2D eigenvalue weighted by Gasteiger charge is 2.55. The normalized spacial score (nSPS) is 17.7. The molecule has 0 spiro atoms. The molecule has 2 aromatic rings. The maximum absolute atomic E-state index is 13.9. The zero-order chi connectivity index (χ0) is 23.1. The number of hydrogen-bond acceptors (Lipinski definition) is 3. The van der Waals surface area contributed by atoms with E-state index in [1.807, 2.05) is 0 Å². The summed E-state index contributed by atoms with van der Waals surface area (Å²) in [6.07, 6.45) is -6.31. The number of carboxylic acid groups (broad SMARTS) is 1. The fourth-order valence-electron chi connectivity index (χ4n) is 3.58. The molecule has 0 radical (unpaired) electrons. The first-order valence-corrected chi connectivity index (χ1v) is 10.1. The molecule has 1 aliphatic carbocycles. The number of aryl methyl sites for hydroxylation is 1. The van der Waals surface area contributed by atoms with Gasteiger partial charge in [0.15, 0.2) is 11.6 Å². The molecule has 0 saturated carbocycles. The molecule has 0 heterocycles. The second-order valence-corrected chi connectivity index (χ2v) is 8.74. The smallest absolute Gasteiger partial charge is 0.407 e. The van der Waals surface area contributed by atoms with Crippen LogP contribution in [0.25, 0.3) is 0 Å². The molecular formula is C20H15Cl2F4NO3S. The number of rotatable bonds is 5. The number of nitrogens with one attached hydrogen (secondary N) is 1. The number of thiol groups is 1. The summed E-state index contributed by atoms with van der Waals surface area (Å²) in [6.45, 7) is 0. The van der Waals surface area contributed by atoms with Crippen molar-refractivity contribution in [1.82, 2.24) is 5.32 Å². The first-order valence-electron chi connectivity index (χ1n) is 8.93. The third-order valence-electron chi connectivity index (χ3n) is 5.19. The Kier molecular flexibility index (Phi) is 6.51. The number of alkyl halides is 3. The lowest BCUT2D eigenvalue weighted by atomic mass is 9.89. The van der Waals surface area contributed by atoms with Crippen molar-refractivity contribution < 1.29 is 32.3 Å². The highest BCUT2D eigenvalue weighted by molar-refractivity contribution is 7.81. The van der Waals surface area contributed by atoms with Crippen molar-refractivity contribution in [3.8, 4) is 0 Å². The number of hydrogen-bond donors (Lipinski definition) is 3. The molecule has 0 bridgehead atoms. The van der Waals surface area contributed by atoms with Crippen LogP contribution in [-0.4, -0.2) is 23.2 Å². The van der Waals surface area contributed by atoms with Gasteiger partial charge in [-0.1, -0.05) is 35.3 Å². The highest BCUT2D eigenvalue weighted by Crippen LogP contribution is 2.49. The van der Waals surface area contributed by atoms with E-state index in [-0.39, 0.29) is 5.56 Å². The van der Waals surface area contributed by atoms with Gasteiger partial charge in [-0.25, -0.2) is 9.18 Å². The number of Topliss-reactive ketones (excluding diaryl/α,β-unsaturated/α-hetero) is 1. The van der Waals surface area contributed by atoms with Gasteiger partial charge in [-0.2, -0.15) is 25.8 Å². The Morgan fingerprint density at radius 3 is 2.32 bits per heavy atom. The predicted molar refractivity (Wildman–Crippen MR) is 111 cm³/mol. The first-order chi connectivity index (χ1) is 14.3. The molecule has 31 heavy (non-hydrogen) atoms. The maximum Gasteiger partial charge on any atom is 0.407 e. The van der Waals surface area contributed by atoms with Gasteiger partial charge in [-0.15, -0.1) is 0 Å². The second-order valence-electron chi connectivity index (χ2n) is 7.17. The van der Waals surface area contributed by atoms with Gasteiger partial charge in [0.1, 0.15) is 4.75 Å². The molecule has 3 rings (SSSR count). The van der Waals surface area contributed by atoms with Gasteiger partial charge in [-0.3, -0.25) is 4.79 Å². The van der Waals surface area contributed by atoms with Crippen LogP contribution in [0.3, 0.4) is 0 Å². The fraction of sp³-hybridized carbons (Fsp3) is 0.300. The molecule has 166 valence electrons. The van der Waals surface area contributed by atoms with E-state index in [1.54, 1.807) is 0 Å². The molecule has 2 unspecified atom stereocenters. The Morgan fingerprint density at radius 2 is 1.77 bits per heavy atom. The van der Waals surface area contributed by atoms with Crippen molar-refractivity contribution in [2.45, 2.75) is 36.2 Å². The third kappa shape index (κ3) is 4.63. The van der Waals surface area contributed by atoms with Crippen molar-refractivity contribution in [2.24, 2.45) is 0 Å². The molecule has 0 saturated heterocycles. The average Bonchev–Trinajstić information content (AvgIpc) is 3.06. The Morgan fingerprint density at radius 1 is 1.16 bits per heavy atom. The van der Waals surface area contributed by atoms with Crippen LogP contribution in [0.1, 0.15) is 45.9 Å². The number of fused-ring (bicyclic) bond motifs is 1. The molecule has 0 aromatic heterocycles. The lowest BCUT2D eigenvalue weighted by molar-refractivity contribution is -0.160. The predicted octanol–water partition coefficient (Wildman–Crippen LogP) is 6.35. The summed E-state index contributed by atoms with van der Waals surface area (Å²) >= 11 is 15.1. The molecule has 4 nitrogen and oxygen atoms in total. The van der Waals surface area contributed by atoms with Gasteiger partial charge in [0.05, 0.1) is 16.1 Å². The van der Waals surface area contributed by atoms with E-state index < -0.39 is 56.7 Å². The second kappa shape index (κ2) is 8.52. The molecule has 1 amide bonds. The van der Waals surface area contributed by atoms with E-state index >= 15 is 0 Å². The van der Waals surface area contributed by atoms with Gasteiger partial charge in [-0.05, 0) is 47.7 Å². The van der Waals surface area contributed by atoms with Crippen LogP contribution in [0.5, 0.6) is 0 Å². The van der Waals surface area contributed by atoms with E-state index in [9.17, 15) is 27.2 Å². The lowest BCUT2D eigenvalue weighted by Crippen LogP contribution is -2.39. The Balaban J connectivity index is 1.93. The van der Waals surface area contributed by atoms with Crippen LogP contribution >= 0.6 is 35.8 Å². The van der Waals surface area contributed by atoms with Crippen molar-refractivity contribution in [2.75, 3.05) is 0 Å². The zero-order valence-electron chi connectivity index (χ0n) is 15.6. The quantitative estimate of drug-likeness (QED) is 0.196. The Hall–Kier alpha value is -1.97. The number of halogens is 6. The van der Waals surface area contributed by atoms with E-state index in [0.29, 0.717) is 24.0 Å². The SMILES string of the molecule is O=C(O)NC1CCc2cc(C(=O)CC(S)(c3cc(Cl)c(F)c(Cl)c3)C(F)(F)F)ccc21. The van der Waals surface area contributed by atoms with Crippen LogP contribution in [0.15, 0.2) is 30.3 Å². The average molecular weight is 496 g/mol. The van der Waals surface area contributed by atoms with E-state index in [1.165, 1.54) is 18.2 Å². The van der Waals surface area contributed by atoms with Crippen molar-refractivity contribution in [3.63, 3.8) is 0 Å². The van der Waals surface area contributed by atoms with Gasteiger partial charge < -0.3 is 10.4 Å². The summed E-state index contributed by atoms with van der Waals surface area (Å²) in [5.74, 6) is -1.92. The summed E-state index contributed by atoms with van der Waals surface area (Å²) in [5.41, 5.74) is 0.815. The summed E-state index contributed by atoms with van der Waals surface area (Å²) in [6, 6.07) is 5.38.